The molecule has 0 radical (unpaired) electrons. The van der Waals surface area contributed by atoms with E-state index >= 15 is 0 Å². The van der Waals surface area contributed by atoms with Gasteiger partial charge in [0.2, 0.25) is 5.91 Å². The van der Waals surface area contributed by atoms with Gasteiger partial charge in [-0.1, -0.05) is 0 Å². The van der Waals surface area contributed by atoms with Gasteiger partial charge in [-0.25, -0.2) is 4.98 Å². The molecule has 1 aliphatic rings. The molecule has 0 spiro atoms. The van der Waals surface area contributed by atoms with Gasteiger partial charge in [0, 0.05) is 24.3 Å². The van der Waals surface area contributed by atoms with Crippen LogP contribution in [0.25, 0.3) is 0 Å². The number of pyridine rings is 1. The van der Waals surface area contributed by atoms with Gasteiger partial charge in [0.05, 0.1) is 0 Å². The first-order valence-corrected chi connectivity index (χ1v) is 5.99. The second kappa shape index (κ2) is 5.63. The van der Waals surface area contributed by atoms with Crippen LogP contribution in [0.5, 0.6) is 0 Å². The molecule has 1 atom stereocenters. The Labute approximate surface area is 101 Å². The number of hydrogen-bond donors (Lipinski definition) is 3. The maximum absolute atomic E-state index is 11.0. The van der Waals surface area contributed by atoms with E-state index in [2.05, 4.69) is 15.6 Å². The quantitative estimate of drug-likeness (QED) is 0.702. The summed E-state index contributed by atoms with van der Waals surface area (Å²) in [6.07, 6.45) is 5.18. The van der Waals surface area contributed by atoms with Crippen LogP contribution in [0, 0.1) is 0 Å². The van der Waals surface area contributed by atoms with E-state index in [1.165, 1.54) is 12.8 Å². The number of carbonyl (C=O) groups is 1. The summed E-state index contributed by atoms with van der Waals surface area (Å²) in [7, 11) is 0. The van der Waals surface area contributed by atoms with Gasteiger partial charge >= 0.3 is 0 Å². The van der Waals surface area contributed by atoms with E-state index in [4.69, 9.17) is 5.73 Å². The topological polar surface area (TPSA) is 80.0 Å². The molecule has 1 fully saturated rings. The van der Waals surface area contributed by atoms with Gasteiger partial charge in [0.15, 0.2) is 0 Å². The van der Waals surface area contributed by atoms with Crippen molar-refractivity contribution >= 4 is 11.7 Å². The molecule has 92 valence electrons. The maximum atomic E-state index is 11.0. The number of nitrogens with two attached hydrogens (primary N) is 1. The molecule has 1 amide bonds. The number of amides is 1. The van der Waals surface area contributed by atoms with Gasteiger partial charge in [-0.2, -0.15) is 0 Å². The molecular formula is C12H18N4O. The number of anilines is 1. The van der Waals surface area contributed by atoms with E-state index in [0.29, 0.717) is 17.4 Å². The van der Waals surface area contributed by atoms with E-state index in [0.717, 1.165) is 19.5 Å². The highest BCUT2D eigenvalue weighted by molar-refractivity contribution is 5.93. The summed E-state index contributed by atoms with van der Waals surface area (Å²) in [4.78, 5) is 15.1. The lowest BCUT2D eigenvalue weighted by atomic mass is 10.1. The van der Waals surface area contributed by atoms with E-state index in [-0.39, 0.29) is 0 Å². The molecule has 1 aromatic rings. The summed E-state index contributed by atoms with van der Waals surface area (Å²) >= 11 is 0. The van der Waals surface area contributed by atoms with E-state index in [1.54, 1.807) is 18.3 Å². The highest BCUT2D eigenvalue weighted by Crippen LogP contribution is 2.10. The number of nitrogens with zero attached hydrogens (tertiary/aromatic N) is 1. The maximum Gasteiger partial charge on any atom is 0.248 e. The average molecular weight is 234 g/mol. The smallest absolute Gasteiger partial charge is 0.248 e. The fourth-order valence-electron chi connectivity index (χ4n) is 2.06. The summed E-state index contributed by atoms with van der Waals surface area (Å²) in [5.74, 6) is 0.284. The van der Waals surface area contributed by atoms with Crippen LogP contribution in [-0.4, -0.2) is 30.0 Å². The summed E-state index contributed by atoms with van der Waals surface area (Å²) in [6.45, 7) is 1.98. The van der Waals surface area contributed by atoms with Crippen LogP contribution in [0.2, 0.25) is 0 Å². The minimum absolute atomic E-state index is 0.423. The lowest BCUT2D eigenvalue weighted by Crippen LogP contribution is -2.24. The third kappa shape index (κ3) is 3.42. The Bertz CT molecular complexity index is 388. The highest BCUT2D eigenvalue weighted by atomic mass is 16.1. The van der Waals surface area contributed by atoms with Gasteiger partial charge in [0.25, 0.3) is 0 Å². The van der Waals surface area contributed by atoms with Gasteiger partial charge in [-0.05, 0) is 37.9 Å². The van der Waals surface area contributed by atoms with Crippen LogP contribution < -0.4 is 16.4 Å². The van der Waals surface area contributed by atoms with E-state index < -0.39 is 5.91 Å². The Hall–Kier alpha value is -1.62. The zero-order valence-electron chi connectivity index (χ0n) is 9.78. The van der Waals surface area contributed by atoms with Crippen molar-refractivity contribution in [2.24, 2.45) is 5.73 Å². The van der Waals surface area contributed by atoms with E-state index in [1.807, 2.05) is 0 Å². The van der Waals surface area contributed by atoms with Gasteiger partial charge < -0.3 is 16.4 Å². The first-order valence-electron chi connectivity index (χ1n) is 5.99. The molecule has 0 aromatic carbocycles. The molecule has 1 aromatic heterocycles. The molecule has 5 nitrogen and oxygen atoms in total. The molecule has 0 saturated carbocycles. The normalized spacial score (nSPS) is 19.2. The number of hydrogen-bond acceptors (Lipinski definition) is 4. The summed E-state index contributed by atoms with van der Waals surface area (Å²) in [5, 5.41) is 6.65. The molecule has 5 heteroatoms. The van der Waals surface area contributed by atoms with Crippen molar-refractivity contribution in [3.05, 3.63) is 23.9 Å². The van der Waals surface area contributed by atoms with Crippen LogP contribution in [0.1, 0.15) is 29.6 Å². The zero-order chi connectivity index (χ0) is 12.1. The Kier molecular flexibility index (Phi) is 3.93. The number of carbonyl (C=O) groups excluding carboxylic acids is 1. The molecule has 1 saturated heterocycles. The van der Waals surface area contributed by atoms with Gasteiger partial charge in [0.1, 0.15) is 5.82 Å². The van der Waals surface area contributed by atoms with E-state index in [9.17, 15) is 4.79 Å². The Morgan fingerprint density at radius 3 is 3.24 bits per heavy atom. The van der Waals surface area contributed by atoms with Crippen LogP contribution in [0.4, 0.5) is 5.82 Å². The Balaban J connectivity index is 1.81. The Morgan fingerprint density at radius 1 is 1.65 bits per heavy atom. The second-order valence-electron chi connectivity index (χ2n) is 4.30. The molecule has 0 bridgehead atoms. The van der Waals surface area contributed by atoms with Crippen molar-refractivity contribution in [1.29, 1.82) is 0 Å². The number of rotatable bonds is 5. The fraction of sp³-hybridized carbons (Fsp3) is 0.500. The zero-order valence-corrected chi connectivity index (χ0v) is 9.78. The average Bonchev–Trinajstić information content (AvgIpc) is 2.82. The SMILES string of the molecule is NC(=O)c1ccnc(NCCC2CCCN2)c1. The molecule has 1 unspecified atom stereocenters. The molecule has 1 aliphatic heterocycles. The monoisotopic (exact) mass is 234 g/mol. The fourth-order valence-corrected chi connectivity index (χ4v) is 2.06. The largest absolute Gasteiger partial charge is 0.370 e. The second-order valence-corrected chi connectivity index (χ2v) is 4.30. The van der Waals surface area contributed by atoms with Crippen LogP contribution in [0.3, 0.4) is 0 Å². The lowest BCUT2D eigenvalue weighted by Gasteiger charge is -2.11. The Morgan fingerprint density at radius 2 is 2.53 bits per heavy atom. The third-order valence-electron chi connectivity index (χ3n) is 3.01. The van der Waals surface area contributed by atoms with Gasteiger partial charge in [-0.3, -0.25) is 4.79 Å². The summed E-state index contributed by atoms with van der Waals surface area (Å²) in [6, 6.07) is 3.91. The van der Waals surface area contributed by atoms with Crippen LogP contribution in [0.15, 0.2) is 18.3 Å². The van der Waals surface area contributed by atoms with Crippen molar-refractivity contribution in [2.45, 2.75) is 25.3 Å². The number of nitrogens with one attached hydrogen (secondary N) is 2. The predicted octanol–water partition coefficient (Wildman–Crippen LogP) is 0.734. The van der Waals surface area contributed by atoms with Crippen LogP contribution in [-0.2, 0) is 0 Å². The standard InChI is InChI=1S/C12H18N4O/c13-12(17)9-3-6-15-11(8-9)16-7-4-10-2-1-5-14-10/h3,6,8,10,14H,1-2,4-5,7H2,(H2,13,17)(H,15,16). The number of aromatic nitrogens is 1. The van der Waals surface area contributed by atoms with Crippen molar-refractivity contribution in [3.8, 4) is 0 Å². The molecule has 4 N–H and O–H groups in total. The van der Waals surface area contributed by atoms with Crippen molar-refractivity contribution < 1.29 is 4.79 Å². The first kappa shape index (κ1) is 11.9. The first-order chi connectivity index (χ1) is 8.25. The van der Waals surface area contributed by atoms with Crippen LogP contribution >= 0.6 is 0 Å². The van der Waals surface area contributed by atoms with Crippen molar-refractivity contribution in [1.82, 2.24) is 10.3 Å². The van der Waals surface area contributed by atoms with Gasteiger partial charge in [-0.15, -0.1) is 0 Å². The predicted molar refractivity (Wildman–Crippen MR) is 66.9 cm³/mol. The van der Waals surface area contributed by atoms with Crippen molar-refractivity contribution in [2.75, 3.05) is 18.4 Å². The third-order valence-corrected chi connectivity index (χ3v) is 3.01. The minimum atomic E-state index is -0.423. The molecule has 2 rings (SSSR count). The number of primary amides is 1. The lowest BCUT2D eigenvalue weighted by molar-refractivity contribution is 0.1000. The summed E-state index contributed by atoms with van der Waals surface area (Å²) < 4.78 is 0. The summed E-state index contributed by atoms with van der Waals surface area (Å²) in [5.41, 5.74) is 5.69. The minimum Gasteiger partial charge on any atom is -0.370 e. The molecule has 0 aliphatic carbocycles. The highest BCUT2D eigenvalue weighted by Gasteiger charge is 2.13. The van der Waals surface area contributed by atoms with Crippen molar-refractivity contribution in [3.63, 3.8) is 0 Å². The molecule has 17 heavy (non-hydrogen) atoms. The molecule has 2 heterocycles. The molecular weight excluding hydrogens is 216 g/mol.